The lowest BCUT2D eigenvalue weighted by Crippen LogP contribution is -2.04. The average molecular weight is 250 g/mol. The molecule has 2 aromatic rings. The normalized spacial score (nSPS) is 16.9. The first-order valence-corrected chi connectivity index (χ1v) is 6.93. The monoisotopic (exact) mass is 250 g/mol. The second kappa shape index (κ2) is 3.33. The number of aromatic hydroxyl groups is 1. The van der Waals surface area contributed by atoms with E-state index in [0.717, 1.165) is 0 Å². The Hall–Kier alpha value is -1.82. The zero-order chi connectivity index (χ0) is 12.0. The van der Waals surface area contributed by atoms with E-state index in [1.807, 2.05) is 0 Å². The van der Waals surface area contributed by atoms with Gasteiger partial charge in [0.15, 0.2) is 9.84 Å². The summed E-state index contributed by atoms with van der Waals surface area (Å²) >= 11 is 0. The lowest BCUT2D eigenvalue weighted by Gasteiger charge is -2.06. The summed E-state index contributed by atoms with van der Waals surface area (Å²) in [6, 6.07) is 6.73. The van der Waals surface area contributed by atoms with Gasteiger partial charge in [0, 0.05) is 5.56 Å². The molecule has 0 amide bonds. The summed E-state index contributed by atoms with van der Waals surface area (Å²) in [5, 5.41) is 13.9. The van der Waals surface area contributed by atoms with Crippen LogP contribution in [-0.2, 0) is 21.3 Å². The van der Waals surface area contributed by atoms with E-state index in [-0.39, 0.29) is 17.3 Å². The van der Waals surface area contributed by atoms with Gasteiger partial charge >= 0.3 is 0 Å². The van der Waals surface area contributed by atoms with Crippen molar-refractivity contribution in [3.63, 3.8) is 0 Å². The fraction of sp³-hybridized carbons (Fsp3) is 0.182. The number of hydrogen-bond donors (Lipinski definition) is 1. The number of phenolic OH excluding ortho intramolecular Hbond substituents is 1. The van der Waals surface area contributed by atoms with E-state index in [1.165, 1.54) is 4.68 Å². The number of sulfone groups is 1. The summed E-state index contributed by atoms with van der Waals surface area (Å²) in [6.07, 6.45) is 1.55. The van der Waals surface area contributed by atoms with Crippen molar-refractivity contribution in [2.75, 3.05) is 0 Å². The first kappa shape index (κ1) is 10.3. The third-order valence-electron chi connectivity index (χ3n) is 2.80. The highest BCUT2D eigenvalue weighted by atomic mass is 32.2. The Kier molecular flexibility index (Phi) is 2.03. The molecule has 2 heterocycles. The third-order valence-corrected chi connectivity index (χ3v) is 4.26. The molecular weight excluding hydrogens is 240 g/mol. The molecule has 0 fully saturated rings. The Morgan fingerprint density at radius 2 is 2.00 bits per heavy atom. The van der Waals surface area contributed by atoms with Crippen LogP contribution in [0.2, 0.25) is 0 Å². The Morgan fingerprint density at radius 1 is 1.24 bits per heavy atom. The molecule has 1 aromatic carbocycles. The predicted octanol–water partition coefficient (Wildman–Crippen LogP) is 1.01. The van der Waals surface area contributed by atoms with Crippen molar-refractivity contribution in [3.8, 4) is 11.4 Å². The predicted molar refractivity (Wildman–Crippen MR) is 61.6 cm³/mol. The van der Waals surface area contributed by atoms with Crippen LogP contribution in [0.15, 0.2) is 30.5 Å². The second-order valence-corrected chi connectivity index (χ2v) is 6.11. The van der Waals surface area contributed by atoms with Gasteiger partial charge < -0.3 is 5.11 Å². The van der Waals surface area contributed by atoms with Crippen LogP contribution in [0.4, 0.5) is 0 Å². The Morgan fingerprint density at radius 3 is 2.76 bits per heavy atom. The molecule has 0 saturated heterocycles. The quantitative estimate of drug-likeness (QED) is 0.819. The highest BCUT2D eigenvalue weighted by molar-refractivity contribution is 7.90. The molecule has 0 bridgehead atoms. The molecule has 0 unspecified atom stereocenters. The molecule has 0 atom stereocenters. The number of benzene rings is 1. The lowest BCUT2D eigenvalue weighted by atomic mass is 10.2. The van der Waals surface area contributed by atoms with Crippen LogP contribution < -0.4 is 0 Å². The van der Waals surface area contributed by atoms with E-state index in [2.05, 4.69) is 5.10 Å². The van der Waals surface area contributed by atoms with Crippen molar-refractivity contribution in [2.24, 2.45) is 0 Å². The highest BCUT2D eigenvalue weighted by Gasteiger charge is 2.29. The van der Waals surface area contributed by atoms with Crippen molar-refractivity contribution < 1.29 is 13.5 Å². The number of nitrogens with zero attached hydrogens (tertiary/aromatic N) is 2. The number of fused-ring (bicyclic) bond motifs is 1. The van der Waals surface area contributed by atoms with Gasteiger partial charge in [0.1, 0.15) is 11.4 Å². The number of para-hydroxylation sites is 2. The van der Waals surface area contributed by atoms with Crippen LogP contribution in [0.5, 0.6) is 5.75 Å². The molecular formula is C11H10N2O3S. The van der Waals surface area contributed by atoms with Crippen LogP contribution in [0, 0.1) is 0 Å². The van der Waals surface area contributed by atoms with E-state index in [0.29, 0.717) is 16.9 Å². The van der Waals surface area contributed by atoms with Gasteiger partial charge in [-0.15, -0.1) is 0 Å². The number of aromatic nitrogens is 2. The van der Waals surface area contributed by atoms with E-state index < -0.39 is 9.84 Å². The molecule has 1 N–H and O–H groups in total. The van der Waals surface area contributed by atoms with Crippen LogP contribution in [-0.4, -0.2) is 23.3 Å². The van der Waals surface area contributed by atoms with E-state index in [9.17, 15) is 13.5 Å². The molecule has 0 aliphatic carbocycles. The lowest BCUT2D eigenvalue weighted by molar-refractivity contribution is 0.470. The van der Waals surface area contributed by atoms with E-state index in [4.69, 9.17) is 0 Å². The van der Waals surface area contributed by atoms with Gasteiger partial charge in [-0.3, -0.25) is 0 Å². The Bertz CT molecular complexity index is 688. The van der Waals surface area contributed by atoms with Gasteiger partial charge in [0.2, 0.25) is 0 Å². The molecule has 1 aliphatic rings. The molecule has 0 saturated carbocycles. The van der Waals surface area contributed by atoms with Gasteiger partial charge in [-0.05, 0) is 12.1 Å². The van der Waals surface area contributed by atoms with Crippen LogP contribution in [0.1, 0.15) is 11.3 Å². The first-order valence-electron chi connectivity index (χ1n) is 5.11. The Labute approximate surface area is 98.2 Å². The molecule has 1 aliphatic heterocycles. The molecule has 88 valence electrons. The van der Waals surface area contributed by atoms with Crippen molar-refractivity contribution in [1.82, 2.24) is 9.78 Å². The average Bonchev–Trinajstić information content (AvgIpc) is 2.74. The second-order valence-electron chi connectivity index (χ2n) is 4.05. The number of hydrogen-bond acceptors (Lipinski definition) is 4. The van der Waals surface area contributed by atoms with Gasteiger partial charge in [-0.2, -0.15) is 5.10 Å². The summed E-state index contributed by atoms with van der Waals surface area (Å²) in [6.45, 7) is 0. The molecule has 5 nitrogen and oxygen atoms in total. The third kappa shape index (κ3) is 1.61. The topological polar surface area (TPSA) is 72.2 Å². The van der Waals surface area contributed by atoms with Crippen molar-refractivity contribution in [3.05, 3.63) is 41.7 Å². The molecule has 0 radical (unpaired) electrons. The maximum atomic E-state index is 11.5. The van der Waals surface area contributed by atoms with Crippen molar-refractivity contribution in [2.45, 2.75) is 11.5 Å². The molecule has 17 heavy (non-hydrogen) atoms. The summed E-state index contributed by atoms with van der Waals surface area (Å²) in [4.78, 5) is 0. The zero-order valence-corrected chi connectivity index (χ0v) is 9.68. The number of phenols is 1. The maximum Gasteiger partial charge on any atom is 0.160 e. The van der Waals surface area contributed by atoms with Crippen molar-refractivity contribution in [1.29, 1.82) is 0 Å². The minimum atomic E-state index is -3.05. The Balaban J connectivity index is 2.17. The van der Waals surface area contributed by atoms with Gasteiger partial charge in [-0.1, -0.05) is 12.1 Å². The molecule has 6 heteroatoms. The standard InChI is InChI=1S/C11H10N2O3S/c14-11-4-2-1-3-9(11)13-10-7-17(15,16)6-8(10)5-12-13/h1-5,14H,6-7H2. The molecule has 1 aromatic heterocycles. The first-order chi connectivity index (χ1) is 8.07. The maximum absolute atomic E-state index is 11.5. The van der Waals surface area contributed by atoms with Crippen LogP contribution >= 0.6 is 0 Å². The van der Waals surface area contributed by atoms with Crippen LogP contribution in [0.25, 0.3) is 5.69 Å². The van der Waals surface area contributed by atoms with E-state index in [1.54, 1.807) is 30.5 Å². The van der Waals surface area contributed by atoms with Gasteiger partial charge in [-0.25, -0.2) is 13.1 Å². The van der Waals surface area contributed by atoms with Gasteiger partial charge in [0.05, 0.1) is 23.4 Å². The molecule has 0 spiro atoms. The minimum Gasteiger partial charge on any atom is -0.506 e. The fourth-order valence-corrected chi connectivity index (χ4v) is 3.57. The highest BCUT2D eigenvalue weighted by Crippen LogP contribution is 2.29. The van der Waals surface area contributed by atoms with E-state index >= 15 is 0 Å². The smallest absolute Gasteiger partial charge is 0.160 e. The van der Waals surface area contributed by atoms with Crippen LogP contribution in [0.3, 0.4) is 0 Å². The van der Waals surface area contributed by atoms with Gasteiger partial charge in [0.25, 0.3) is 0 Å². The largest absolute Gasteiger partial charge is 0.506 e. The fourth-order valence-electron chi connectivity index (χ4n) is 2.03. The summed E-state index contributed by atoms with van der Waals surface area (Å²) < 4.78 is 24.5. The minimum absolute atomic E-state index is 0.0172. The molecule has 3 rings (SSSR count). The summed E-state index contributed by atoms with van der Waals surface area (Å²) in [5.74, 6) is 0.106. The van der Waals surface area contributed by atoms with Crippen molar-refractivity contribution >= 4 is 9.84 Å². The zero-order valence-electron chi connectivity index (χ0n) is 8.87. The number of rotatable bonds is 1. The summed E-state index contributed by atoms with van der Waals surface area (Å²) in [5.41, 5.74) is 1.87. The summed E-state index contributed by atoms with van der Waals surface area (Å²) in [7, 11) is -3.05. The SMILES string of the molecule is O=S1(=O)Cc2cnn(-c3ccccc3O)c2C1.